The first-order valence-corrected chi connectivity index (χ1v) is 6.63. The van der Waals surface area contributed by atoms with Crippen LogP contribution in [0.3, 0.4) is 0 Å². The van der Waals surface area contributed by atoms with E-state index in [2.05, 4.69) is 10.0 Å². The summed E-state index contributed by atoms with van der Waals surface area (Å²) in [5, 5.41) is 9.96. The van der Waals surface area contributed by atoms with Gasteiger partial charge in [-0.1, -0.05) is 6.92 Å². The van der Waals surface area contributed by atoms with Crippen molar-refractivity contribution in [3.05, 3.63) is 0 Å². The molecule has 1 atom stereocenters. The maximum atomic E-state index is 11.3. The van der Waals surface area contributed by atoms with Crippen LogP contribution < -0.4 is 10.0 Å². The second kappa shape index (κ2) is 7.19. The summed E-state index contributed by atoms with van der Waals surface area (Å²) in [6, 6.07) is 1.63. The summed E-state index contributed by atoms with van der Waals surface area (Å²) in [7, 11) is -3.62. The molecule has 1 unspecified atom stereocenters. The van der Waals surface area contributed by atoms with Crippen molar-refractivity contribution in [3.8, 4) is 6.07 Å². The van der Waals surface area contributed by atoms with E-state index < -0.39 is 15.3 Å². The molecule has 0 fully saturated rings. The van der Waals surface area contributed by atoms with Crippen LogP contribution in [0.2, 0.25) is 0 Å². The molecule has 0 saturated carbocycles. The van der Waals surface area contributed by atoms with Gasteiger partial charge in [-0.05, 0) is 13.3 Å². The Morgan fingerprint density at radius 1 is 1.44 bits per heavy atom. The van der Waals surface area contributed by atoms with Gasteiger partial charge in [0.25, 0.3) is 0 Å². The Bertz CT molecular complexity index is 359. The first kappa shape index (κ1) is 14.9. The van der Waals surface area contributed by atoms with Gasteiger partial charge in [0.15, 0.2) is 5.25 Å². The number of nitrogens with zero attached hydrogens (tertiary/aromatic N) is 1. The van der Waals surface area contributed by atoms with Crippen LogP contribution in [-0.4, -0.2) is 32.7 Å². The highest BCUT2D eigenvalue weighted by Gasteiger charge is 2.19. The third-order valence-electron chi connectivity index (χ3n) is 1.87. The molecule has 1 amide bonds. The second-order valence-corrected chi connectivity index (χ2v) is 5.40. The lowest BCUT2D eigenvalue weighted by atomic mass is 10.4. The first-order valence-electron chi connectivity index (χ1n) is 5.08. The minimum atomic E-state index is -3.62. The third-order valence-corrected chi connectivity index (χ3v) is 3.52. The fourth-order valence-electron chi connectivity index (χ4n) is 0.854. The Morgan fingerprint density at radius 3 is 2.56 bits per heavy atom. The molecule has 0 saturated heterocycles. The SMILES string of the molecule is CCCNC(=O)CCNS(=O)(=O)C(C)C#N. The summed E-state index contributed by atoms with van der Waals surface area (Å²) in [4.78, 5) is 11.1. The number of nitriles is 1. The van der Waals surface area contributed by atoms with Gasteiger partial charge in [-0.3, -0.25) is 4.79 Å². The summed E-state index contributed by atoms with van der Waals surface area (Å²) in [6.07, 6.45) is 0.917. The molecular formula is C9H17N3O3S. The van der Waals surface area contributed by atoms with Crippen molar-refractivity contribution in [3.63, 3.8) is 0 Å². The van der Waals surface area contributed by atoms with Gasteiger partial charge in [-0.2, -0.15) is 5.26 Å². The third kappa shape index (κ3) is 5.68. The summed E-state index contributed by atoms with van der Waals surface area (Å²) in [5.74, 6) is -0.200. The van der Waals surface area contributed by atoms with Gasteiger partial charge in [-0.25, -0.2) is 13.1 Å². The predicted octanol–water partition coefficient (Wildman–Crippen LogP) is -0.266. The second-order valence-electron chi connectivity index (χ2n) is 3.31. The van der Waals surface area contributed by atoms with Gasteiger partial charge in [0.05, 0.1) is 6.07 Å². The highest BCUT2D eigenvalue weighted by Crippen LogP contribution is 1.95. The Labute approximate surface area is 96.1 Å². The highest BCUT2D eigenvalue weighted by atomic mass is 32.2. The van der Waals surface area contributed by atoms with E-state index in [-0.39, 0.29) is 18.9 Å². The molecule has 0 rings (SSSR count). The molecule has 0 aliphatic rings. The monoisotopic (exact) mass is 247 g/mol. The van der Waals surface area contributed by atoms with Crippen LogP contribution in [0.4, 0.5) is 0 Å². The number of sulfonamides is 1. The molecule has 0 aromatic heterocycles. The van der Waals surface area contributed by atoms with Crippen molar-refractivity contribution >= 4 is 15.9 Å². The summed E-state index contributed by atoms with van der Waals surface area (Å²) < 4.78 is 24.8. The lowest BCUT2D eigenvalue weighted by Crippen LogP contribution is -2.35. The van der Waals surface area contributed by atoms with Gasteiger partial charge < -0.3 is 5.32 Å². The standard InChI is InChI=1S/C9H17N3O3S/c1-3-5-11-9(13)4-6-12-16(14,15)8(2)7-10/h8,12H,3-6H2,1-2H3,(H,11,13). The van der Waals surface area contributed by atoms with Crippen LogP contribution in [-0.2, 0) is 14.8 Å². The predicted molar refractivity (Wildman–Crippen MR) is 59.9 cm³/mol. The smallest absolute Gasteiger partial charge is 0.227 e. The molecule has 7 heteroatoms. The number of carbonyl (C=O) groups is 1. The summed E-state index contributed by atoms with van der Waals surface area (Å²) in [6.45, 7) is 3.82. The molecular weight excluding hydrogens is 230 g/mol. The molecule has 0 spiro atoms. The summed E-state index contributed by atoms with van der Waals surface area (Å²) in [5.41, 5.74) is 0. The normalized spacial score (nSPS) is 12.8. The van der Waals surface area contributed by atoms with E-state index in [1.165, 1.54) is 6.92 Å². The summed E-state index contributed by atoms with van der Waals surface area (Å²) >= 11 is 0. The average Bonchev–Trinajstić information content (AvgIpc) is 2.24. The Morgan fingerprint density at radius 2 is 2.06 bits per heavy atom. The van der Waals surface area contributed by atoms with Crippen molar-refractivity contribution in [2.75, 3.05) is 13.1 Å². The van der Waals surface area contributed by atoms with E-state index >= 15 is 0 Å². The average molecular weight is 247 g/mol. The maximum Gasteiger partial charge on any atom is 0.227 e. The van der Waals surface area contributed by atoms with E-state index in [4.69, 9.17) is 5.26 Å². The van der Waals surface area contributed by atoms with E-state index in [1.807, 2.05) is 6.92 Å². The number of rotatable bonds is 7. The minimum Gasteiger partial charge on any atom is -0.356 e. The van der Waals surface area contributed by atoms with E-state index in [1.54, 1.807) is 6.07 Å². The molecule has 0 aromatic carbocycles. The molecule has 0 aromatic rings. The number of hydrogen-bond donors (Lipinski definition) is 2. The molecule has 0 aliphatic carbocycles. The van der Waals surface area contributed by atoms with E-state index in [0.29, 0.717) is 6.54 Å². The van der Waals surface area contributed by atoms with Crippen LogP contribution in [0.25, 0.3) is 0 Å². The fourth-order valence-corrected chi connectivity index (χ4v) is 1.63. The number of nitrogens with one attached hydrogen (secondary N) is 2. The Kier molecular flexibility index (Phi) is 6.69. The zero-order valence-corrected chi connectivity index (χ0v) is 10.3. The molecule has 0 heterocycles. The maximum absolute atomic E-state index is 11.3. The first-order chi connectivity index (χ1) is 7.44. The van der Waals surface area contributed by atoms with E-state index in [9.17, 15) is 13.2 Å². The number of amides is 1. The van der Waals surface area contributed by atoms with E-state index in [0.717, 1.165) is 6.42 Å². The molecule has 0 bridgehead atoms. The van der Waals surface area contributed by atoms with Gasteiger partial charge in [-0.15, -0.1) is 0 Å². The molecule has 6 nitrogen and oxygen atoms in total. The van der Waals surface area contributed by atoms with Crippen LogP contribution in [0.5, 0.6) is 0 Å². The molecule has 0 aliphatic heterocycles. The molecule has 92 valence electrons. The van der Waals surface area contributed by atoms with Crippen molar-refractivity contribution in [1.29, 1.82) is 5.26 Å². The van der Waals surface area contributed by atoms with Crippen molar-refractivity contribution in [2.24, 2.45) is 0 Å². The minimum absolute atomic E-state index is 0.0178. The molecule has 16 heavy (non-hydrogen) atoms. The Balaban J connectivity index is 3.91. The van der Waals surface area contributed by atoms with Crippen molar-refractivity contribution in [2.45, 2.75) is 31.9 Å². The number of carbonyl (C=O) groups excluding carboxylic acids is 1. The van der Waals surface area contributed by atoms with Crippen molar-refractivity contribution < 1.29 is 13.2 Å². The van der Waals surface area contributed by atoms with Crippen LogP contribution in [0.15, 0.2) is 0 Å². The van der Waals surface area contributed by atoms with Gasteiger partial charge in [0, 0.05) is 19.5 Å². The molecule has 2 N–H and O–H groups in total. The lowest BCUT2D eigenvalue weighted by Gasteiger charge is -2.07. The van der Waals surface area contributed by atoms with Gasteiger partial charge >= 0.3 is 0 Å². The zero-order valence-electron chi connectivity index (χ0n) is 9.49. The topological polar surface area (TPSA) is 99.1 Å². The number of hydrogen-bond acceptors (Lipinski definition) is 4. The quantitative estimate of drug-likeness (QED) is 0.647. The Hall–Kier alpha value is -1.13. The zero-order chi connectivity index (χ0) is 12.6. The van der Waals surface area contributed by atoms with Gasteiger partial charge in [0.1, 0.15) is 0 Å². The lowest BCUT2D eigenvalue weighted by molar-refractivity contribution is -0.120. The molecule has 0 radical (unpaired) electrons. The van der Waals surface area contributed by atoms with Crippen LogP contribution in [0, 0.1) is 11.3 Å². The van der Waals surface area contributed by atoms with Gasteiger partial charge in [0.2, 0.25) is 15.9 Å². The van der Waals surface area contributed by atoms with Crippen molar-refractivity contribution in [1.82, 2.24) is 10.0 Å². The largest absolute Gasteiger partial charge is 0.356 e. The highest BCUT2D eigenvalue weighted by molar-refractivity contribution is 7.90. The van der Waals surface area contributed by atoms with Crippen LogP contribution >= 0.6 is 0 Å². The fraction of sp³-hybridized carbons (Fsp3) is 0.778. The van der Waals surface area contributed by atoms with Crippen LogP contribution in [0.1, 0.15) is 26.7 Å².